The molecule has 0 aromatic heterocycles. The number of anilines is 1. The lowest BCUT2D eigenvalue weighted by atomic mass is 10.1. The first-order chi connectivity index (χ1) is 8.81. The first kappa shape index (κ1) is 14.5. The zero-order valence-corrected chi connectivity index (χ0v) is 10.3. The van der Waals surface area contributed by atoms with Crippen LogP contribution in [0.3, 0.4) is 0 Å². The number of benzene rings is 1. The molecule has 0 saturated carbocycles. The van der Waals surface area contributed by atoms with Gasteiger partial charge in [-0.3, -0.25) is 14.4 Å². The first-order valence-electron chi connectivity index (χ1n) is 5.40. The minimum atomic E-state index is -1.16. The van der Waals surface area contributed by atoms with Gasteiger partial charge in [-0.25, -0.2) is 0 Å². The standard InChI is InChI=1S/C12H14N2O5/c1-7-2-3-8(12(13)19)4-9(7)14(5-10(15)16)6-11(17)18/h2-4H,5-6H2,1H3,(H2,13,19)(H,15,16)(H,17,18). The Morgan fingerprint density at radius 1 is 1.16 bits per heavy atom. The lowest BCUT2D eigenvalue weighted by Crippen LogP contribution is -2.35. The van der Waals surface area contributed by atoms with Gasteiger partial charge < -0.3 is 20.8 Å². The summed E-state index contributed by atoms with van der Waals surface area (Å²) >= 11 is 0. The molecule has 102 valence electrons. The van der Waals surface area contributed by atoms with Crippen molar-refractivity contribution in [2.75, 3.05) is 18.0 Å². The van der Waals surface area contributed by atoms with Crippen molar-refractivity contribution in [3.05, 3.63) is 29.3 Å². The number of nitrogens with zero attached hydrogens (tertiary/aromatic N) is 1. The molecule has 1 aromatic rings. The van der Waals surface area contributed by atoms with E-state index >= 15 is 0 Å². The number of hydrogen-bond acceptors (Lipinski definition) is 4. The zero-order chi connectivity index (χ0) is 14.6. The molecule has 0 aliphatic heterocycles. The van der Waals surface area contributed by atoms with E-state index in [-0.39, 0.29) is 5.56 Å². The fraction of sp³-hybridized carbons (Fsp3) is 0.250. The maximum absolute atomic E-state index is 11.1. The van der Waals surface area contributed by atoms with Gasteiger partial charge in [0, 0.05) is 11.3 Å². The Kier molecular flexibility index (Phi) is 4.46. The number of carboxylic acids is 2. The predicted molar refractivity (Wildman–Crippen MR) is 67.2 cm³/mol. The van der Waals surface area contributed by atoms with Gasteiger partial charge in [0.1, 0.15) is 13.1 Å². The molecule has 0 atom stereocenters. The molecule has 0 unspecified atom stereocenters. The van der Waals surface area contributed by atoms with E-state index in [4.69, 9.17) is 15.9 Å². The second kappa shape index (κ2) is 5.85. The molecular formula is C12H14N2O5. The zero-order valence-electron chi connectivity index (χ0n) is 10.3. The van der Waals surface area contributed by atoms with E-state index in [0.29, 0.717) is 11.3 Å². The van der Waals surface area contributed by atoms with E-state index in [9.17, 15) is 14.4 Å². The van der Waals surface area contributed by atoms with Crippen LogP contribution >= 0.6 is 0 Å². The number of nitrogens with two attached hydrogens (primary N) is 1. The van der Waals surface area contributed by atoms with Gasteiger partial charge in [0.05, 0.1) is 0 Å². The summed E-state index contributed by atoms with van der Waals surface area (Å²) in [5, 5.41) is 17.6. The summed E-state index contributed by atoms with van der Waals surface area (Å²) < 4.78 is 0. The van der Waals surface area contributed by atoms with Gasteiger partial charge in [0.2, 0.25) is 5.91 Å². The molecule has 0 heterocycles. The number of rotatable bonds is 6. The molecule has 0 saturated heterocycles. The highest BCUT2D eigenvalue weighted by molar-refractivity contribution is 5.94. The van der Waals surface area contributed by atoms with Crippen LogP contribution in [0, 0.1) is 6.92 Å². The third-order valence-corrected chi connectivity index (χ3v) is 2.49. The normalized spacial score (nSPS) is 9.95. The van der Waals surface area contributed by atoms with Crippen LogP contribution in [0.25, 0.3) is 0 Å². The number of aliphatic carboxylic acids is 2. The molecule has 1 amide bonds. The minimum absolute atomic E-state index is 0.196. The Balaban J connectivity index is 3.19. The highest BCUT2D eigenvalue weighted by Crippen LogP contribution is 2.21. The Morgan fingerprint density at radius 2 is 1.68 bits per heavy atom. The molecular weight excluding hydrogens is 252 g/mol. The average molecular weight is 266 g/mol. The second-order valence-electron chi connectivity index (χ2n) is 4.01. The number of carbonyl (C=O) groups is 3. The molecule has 0 fully saturated rings. The molecule has 7 heteroatoms. The summed E-state index contributed by atoms with van der Waals surface area (Å²) in [5.74, 6) is -2.98. The fourth-order valence-electron chi connectivity index (χ4n) is 1.66. The summed E-state index contributed by atoms with van der Waals surface area (Å²) in [6.45, 7) is 0.738. The second-order valence-corrected chi connectivity index (χ2v) is 4.01. The van der Waals surface area contributed by atoms with Gasteiger partial charge in [-0.1, -0.05) is 6.07 Å². The highest BCUT2D eigenvalue weighted by Gasteiger charge is 2.17. The largest absolute Gasteiger partial charge is 0.480 e. The minimum Gasteiger partial charge on any atom is -0.480 e. The maximum atomic E-state index is 11.1. The first-order valence-corrected chi connectivity index (χ1v) is 5.40. The number of carbonyl (C=O) groups excluding carboxylic acids is 1. The number of carboxylic acid groups (broad SMARTS) is 2. The molecule has 7 nitrogen and oxygen atoms in total. The molecule has 1 rings (SSSR count). The van der Waals surface area contributed by atoms with E-state index in [1.165, 1.54) is 12.1 Å². The summed E-state index contributed by atoms with van der Waals surface area (Å²) in [4.78, 5) is 33.8. The molecule has 0 bridgehead atoms. The Hall–Kier alpha value is -2.57. The maximum Gasteiger partial charge on any atom is 0.323 e. The average Bonchev–Trinajstić information content (AvgIpc) is 2.27. The lowest BCUT2D eigenvalue weighted by molar-refractivity contribution is -0.136. The van der Waals surface area contributed by atoms with Crippen molar-refractivity contribution < 1.29 is 24.6 Å². The summed E-state index contributed by atoms with van der Waals surface area (Å²) in [5.41, 5.74) is 6.36. The van der Waals surface area contributed by atoms with Crippen molar-refractivity contribution in [1.29, 1.82) is 0 Å². The topological polar surface area (TPSA) is 121 Å². The third-order valence-electron chi connectivity index (χ3n) is 2.49. The quantitative estimate of drug-likeness (QED) is 0.670. The van der Waals surface area contributed by atoms with Crippen molar-refractivity contribution in [2.24, 2.45) is 5.73 Å². The number of primary amides is 1. The van der Waals surface area contributed by atoms with Crippen LogP contribution in [0.4, 0.5) is 5.69 Å². The predicted octanol–water partition coefficient (Wildman–Crippen LogP) is 0.0695. The van der Waals surface area contributed by atoms with Crippen LogP contribution < -0.4 is 10.6 Å². The Labute approximate surface area is 109 Å². The molecule has 0 radical (unpaired) electrons. The number of aryl methyl sites for hydroxylation is 1. The van der Waals surface area contributed by atoms with E-state index in [2.05, 4.69) is 0 Å². The highest BCUT2D eigenvalue weighted by atomic mass is 16.4. The summed E-state index contributed by atoms with van der Waals surface area (Å²) in [6, 6.07) is 4.48. The van der Waals surface area contributed by atoms with Crippen LogP contribution in [0.2, 0.25) is 0 Å². The Bertz CT molecular complexity index is 511. The van der Waals surface area contributed by atoms with Crippen molar-refractivity contribution >= 4 is 23.5 Å². The summed E-state index contributed by atoms with van der Waals surface area (Å²) in [7, 11) is 0. The SMILES string of the molecule is Cc1ccc(C(N)=O)cc1N(CC(=O)O)CC(=O)O. The van der Waals surface area contributed by atoms with Crippen LogP contribution in [0.1, 0.15) is 15.9 Å². The van der Waals surface area contributed by atoms with E-state index in [1.54, 1.807) is 13.0 Å². The third kappa shape index (κ3) is 3.98. The molecule has 1 aromatic carbocycles. The van der Waals surface area contributed by atoms with Gasteiger partial charge in [-0.15, -0.1) is 0 Å². The lowest BCUT2D eigenvalue weighted by Gasteiger charge is -2.23. The number of amides is 1. The smallest absolute Gasteiger partial charge is 0.323 e. The van der Waals surface area contributed by atoms with E-state index < -0.39 is 30.9 Å². The number of hydrogen-bond donors (Lipinski definition) is 3. The monoisotopic (exact) mass is 266 g/mol. The van der Waals surface area contributed by atoms with Gasteiger partial charge in [-0.05, 0) is 24.6 Å². The van der Waals surface area contributed by atoms with Crippen LogP contribution in [0.15, 0.2) is 18.2 Å². The van der Waals surface area contributed by atoms with Gasteiger partial charge in [-0.2, -0.15) is 0 Å². The van der Waals surface area contributed by atoms with Crippen molar-refractivity contribution in [3.8, 4) is 0 Å². The molecule has 0 aliphatic rings. The van der Waals surface area contributed by atoms with Crippen molar-refractivity contribution in [1.82, 2.24) is 0 Å². The van der Waals surface area contributed by atoms with Crippen molar-refractivity contribution in [2.45, 2.75) is 6.92 Å². The summed E-state index contributed by atoms with van der Waals surface area (Å²) in [6.07, 6.45) is 0. The fourth-order valence-corrected chi connectivity index (χ4v) is 1.66. The van der Waals surface area contributed by atoms with E-state index in [1.807, 2.05) is 0 Å². The van der Waals surface area contributed by atoms with Crippen molar-refractivity contribution in [3.63, 3.8) is 0 Å². The Morgan fingerprint density at radius 3 is 2.11 bits per heavy atom. The van der Waals surface area contributed by atoms with Crippen LogP contribution in [0.5, 0.6) is 0 Å². The molecule has 0 spiro atoms. The van der Waals surface area contributed by atoms with Gasteiger partial charge in [0.25, 0.3) is 0 Å². The van der Waals surface area contributed by atoms with Gasteiger partial charge >= 0.3 is 11.9 Å². The van der Waals surface area contributed by atoms with Crippen LogP contribution in [-0.4, -0.2) is 41.1 Å². The molecule has 19 heavy (non-hydrogen) atoms. The van der Waals surface area contributed by atoms with Gasteiger partial charge in [0.15, 0.2) is 0 Å². The van der Waals surface area contributed by atoms with Crippen LogP contribution in [-0.2, 0) is 9.59 Å². The van der Waals surface area contributed by atoms with E-state index in [0.717, 1.165) is 4.90 Å². The molecule has 4 N–H and O–H groups in total. The molecule has 0 aliphatic carbocycles.